The van der Waals surface area contributed by atoms with Gasteiger partial charge in [-0.1, -0.05) is 0 Å². The van der Waals surface area contributed by atoms with Crippen LogP contribution in [0.25, 0.3) is 0 Å². The number of rotatable bonds is 5. The predicted octanol–water partition coefficient (Wildman–Crippen LogP) is 0.0906. The van der Waals surface area contributed by atoms with Crippen LogP contribution < -0.4 is 15.5 Å². The van der Waals surface area contributed by atoms with E-state index in [1.807, 2.05) is 18.0 Å². The van der Waals surface area contributed by atoms with Gasteiger partial charge in [-0.3, -0.25) is 4.79 Å². The van der Waals surface area contributed by atoms with Crippen LogP contribution >= 0.6 is 0 Å². The quantitative estimate of drug-likeness (QED) is 0.740. The smallest absolute Gasteiger partial charge is 0.221 e. The van der Waals surface area contributed by atoms with Gasteiger partial charge in [-0.2, -0.15) is 0 Å². The van der Waals surface area contributed by atoms with E-state index in [1.165, 1.54) is 6.33 Å². The molecule has 1 rings (SSSR count). The van der Waals surface area contributed by atoms with Crippen molar-refractivity contribution in [1.82, 2.24) is 15.3 Å². The van der Waals surface area contributed by atoms with E-state index in [4.69, 9.17) is 0 Å². The Morgan fingerprint density at radius 3 is 2.81 bits per heavy atom. The first-order valence-electron chi connectivity index (χ1n) is 5.09. The molecule has 1 heterocycles. The molecule has 0 saturated heterocycles. The Kier molecular flexibility index (Phi) is 4.50. The van der Waals surface area contributed by atoms with E-state index in [-0.39, 0.29) is 5.91 Å². The van der Waals surface area contributed by atoms with Gasteiger partial charge in [0.15, 0.2) is 0 Å². The molecule has 0 aliphatic rings. The minimum Gasteiger partial charge on any atom is -0.373 e. The zero-order valence-electron chi connectivity index (χ0n) is 9.82. The molecule has 0 radical (unpaired) electrons. The van der Waals surface area contributed by atoms with Crippen molar-refractivity contribution < 1.29 is 4.79 Å². The Hall–Kier alpha value is -1.85. The van der Waals surface area contributed by atoms with E-state index in [9.17, 15) is 4.79 Å². The summed E-state index contributed by atoms with van der Waals surface area (Å²) in [4.78, 5) is 21.2. The second kappa shape index (κ2) is 5.89. The summed E-state index contributed by atoms with van der Waals surface area (Å²) in [5, 5.41) is 5.52. The molecule has 0 aliphatic carbocycles. The van der Waals surface area contributed by atoms with E-state index in [2.05, 4.69) is 20.6 Å². The van der Waals surface area contributed by atoms with Crippen LogP contribution in [0.2, 0.25) is 0 Å². The predicted molar refractivity (Wildman–Crippen MR) is 63.5 cm³/mol. The Morgan fingerprint density at radius 2 is 2.19 bits per heavy atom. The number of nitrogens with zero attached hydrogens (tertiary/aromatic N) is 3. The van der Waals surface area contributed by atoms with Gasteiger partial charge in [-0.25, -0.2) is 9.97 Å². The van der Waals surface area contributed by atoms with Crippen molar-refractivity contribution in [2.24, 2.45) is 0 Å². The molecule has 0 saturated carbocycles. The van der Waals surface area contributed by atoms with Gasteiger partial charge in [0.2, 0.25) is 5.91 Å². The Bertz CT molecular complexity index is 355. The van der Waals surface area contributed by atoms with Gasteiger partial charge in [0.25, 0.3) is 0 Å². The largest absolute Gasteiger partial charge is 0.373 e. The van der Waals surface area contributed by atoms with Crippen LogP contribution in [-0.4, -0.2) is 43.6 Å². The van der Waals surface area contributed by atoms with Crippen LogP contribution in [0.3, 0.4) is 0 Å². The second-order valence-electron chi connectivity index (χ2n) is 3.36. The Balaban J connectivity index is 2.58. The van der Waals surface area contributed by atoms with Gasteiger partial charge < -0.3 is 15.5 Å². The third kappa shape index (κ3) is 3.38. The molecule has 16 heavy (non-hydrogen) atoms. The number of nitrogens with one attached hydrogen (secondary N) is 2. The van der Waals surface area contributed by atoms with E-state index in [1.54, 1.807) is 14.1 Å². The number of amides is 1. The highest BCUT2D eigenvalue weighted by atomic mass is 16.1. The summed E-state index contributed by atoms with van der Waals surface area (Å²) in [5.74, 6) is 1.58. The number of carbonyl (C=O) groups is 1. The monoisotopic (exact) mass is 223 g/mol. The fourth-order valence-electron chi connectivity index (χ4n) is 1.20. The molecule has 0 bridgehead atoms. The molecule has 0 spiro atoms. The van der Waals surface area contributed by atoms with Gasteiger partial charge in [0.05, 0.1) is 0 Å². The molecule has 88 valence electrons. The van der Waals surface area contributed by atoms with Crippen LogP contribution in [0.5, 0.6) is 0 Å². The summed E-state index contributed by atoms with van der Waals surface area (Å²) >= 11 is 0. The summed E-state index contributed by atoms with van der Waals surface area (Å²) in [7, 11) is 5.33. The molecular weight excluding hydrogens is 206 g/mol. The maximum Gasteiger partial charge on any atom is 0.221 e. The number of aromatic nitrogens is 2. The van der Waals surface area contributed by atoms with Crippen molar-refractivity contribution in [1.29, 1.82) is 0 Å². The van der Waals surface area contributed by atoms with Crippen LogP contribution in [0, 0.1) is 0 Å². The van der Waals surface area contributed by atoms with Crippen LogP contribution in [0.15, 0.2) is 12.4 Å². The highest BCUT2D eigenvalue weighted by Crippen LogP contribution is 2.11. The molecule has 6 nitrogen and oxygen atoms in total. The van der Waals surface area contributed by atoms with Crippen molar-refractivity contribution in [3.63, 3.8) is 0 Å². The van der Waals surface area contributed by atoms with Gasteiger partial charge >= 0.3 is 0 Å². The topological polar surface area (TPSA) is 70.2 Å². The van der Waals surface area contributed by atoms with Gasteiger partial charge in [0, 0.05) is 40.2 Å². The summed E-state index contributed by atoms with van der Waals surface area (Å²) in [6.07, 6.45) is 1.95. The first kappa shape index (κ1) is 12.2. The lowest BCUT2D eigenvalue weighted by atomic mass is 10.3. The van der Waals surface area contributed by atoms with Crippen molar-refractivity contribution in [3.05, 3.63) is 12.4 Å². The van der Waals surface area contributed by atoms with E-state index >= 15 is 0 Å². The molecule has 1 amide bonds. The molecule has 0 unspecified atom stereocenters. The van der Waals surface area contributed by atoms with Crippen LogP contribution in [-0.2, 0) is 4.79 Å². The number of hydrogen-bond acceptors (Lipinski definition) is 5. The highest BCUT2D eigenvalue weighted by molar-refractivity contribution is 5.76. The van der Waals surface area contributed by atoms with Crippen molar-refractivity contribution >= 4 is 17.5 Å². The van der Waals surface area contributed by atoms with Crippen LogP contribution in [0.4, 0.5) is 11.6 Å². The van der Waals surface area contributed by atoms with E-state index < -0.39 is 0 Å². The SMILES string of the molecule is CNC(=O)CCN(C)c1cc(NC)ncn1. The Labute approximate surface area is 95.1 Å². The maximum absolute atomic E-state index is 11.1. The number of hydrogen-bond donors (Lipinski definition) is 2. The lowest BCUT2D eigenvalue weighted by molar-refractivity contribution is -0.120. The minimum absolute atomic E-state index is 0.0229. The van der Waals surface area contributed by atoms with E-state index in [0.717, 1.165) is 11.6 Å². The zero-order chi connectivity index (χ0) is 12.0. The lowest BCUT2D eigenvalue weighted by Gasteiger charge is -2.17. The first-order chi connectivity index (χ1) is 7.67. The Morgan fingerprint density at radius 1 is 1.44 bits per heavy atom. The van der Waals surface area contributed by atoms with Gasteiger partial charge in [-0.15, -0.1) is 0 Å². The minimum atomic E-state index is 0.0229. The maximum atomic E-state index is 11.1. The molecule has 1 aromatic heterocycles. The molecule has 2 N–H and O–H groups in total. The fraction of sp³-hybridized carbons (Fsp3) is 0.500. The average molecular weight is 223 g/mol. The van der Waals surface area contributed by atoms with Crippen LogP contribution in [0.1, 0.15) is 6.42 Å². The zero-order valence-corrected chi connectivity index (χ0v) is 9.82. The molecule has 0 atom stereocenters. The first-order valence-corrected chi connectivity index (χ1v) is 5.09. The third-order valence-electron chi connectivity index (χ3n) is 2.25. The third-order valence-corrected chi connectivity index (χ3v) is 2.25. The van der Waals surface area contributed by atoms with Crippen molar-refractivity contribution in [2.75, 3.05) is 37.9 Å². The molecule has 0 aliphatic heterocycles. The van der Waals surface area contributed by atoms with E-state index in [0.29, 0.717) is 13.0 Å². The molecular formula is C10H17N5O. The summed E-state index contributed by atoms with van der Waals surface area (Å²) < 4.78 is 0. The number of anilines is 2. The molecule has 1 aromatic rings. The van der Waals surface area contributed by atoms with Crippen molar-refractivity contribution in [3.8, 4) is 0 Å². The summed E-state index contributed by atoms with van der Waals surface area (Å²) in [6.45, 7) is 0.625. The lowest BCUT2D eigenvalue weighted by Crippen LogP contribution is -2.26. The molecule has 0 aromatic carbocycles. The molecule has 6 heteroatoms. The average Bonchev–Trinajstić information content (AvgIpc) is 2.35. The molecule has 0 fully saturated rings. The van der Waals surface area contributed by atoms with Gasteiger partial charge in [0.1, 0.15) is 18.0 Å². The summed E-state index contributed by atoms with van der Waals surface area (Å²) in [6, 6.07) is 1.84. The van der Waals surface area contributed by atoms with Crippen molar-refractivity contribution in [2.45, 2.75) is 6.42 Å². The van der Waals surface area contributed by atoms with Gasteiger partial charge in [-0.05, 0) is 0 Å². The standard InChI is InChI=1S/C10H17N5O/c1-11-8-6-9(14-7-13-8)15(3)5-4-10(16)12-2/h6-7H,4-5H2,1-3H3,(H,12,16)(H,11,13,14). The fourth-order valence-corrected chi connectivity index (χ4v) is 1.20. The highest BCUT2D eigenvalue weighted by Gasteiger charge is 2.05. The second-order valence-corrected chi connectivity index (χ2v) is 3.36. The number of carbonyl (C=O) groups excluding carboxylic acids is 1. The normalized spacial score (nSPS) is 9.69. The summed E-state index contributed by atoms with van der Waals surface area (Å²) in [5.41, 5.74) is 0.